The summed E-state index contributed by atoms with van der Waals surface area (Å²) in [5, 5.41) is 22.5. The number of hydrogen-bond donors (Lipinski definition) is 3. The maximum atomic E-state index is 12.7. The van der Waals surface area contributed by atoms with E-state index in [0.717, 1.165) is 11.1 Å². The molecule has 0 radical (unpaired) electrons. The molecule has 2 rings (SSSR count). The first kappa shape index (κ1) is 19.2. The fourth-order valence-electron chi connectivity index (χ4n) is 2.71. The third-order valence-corrected chi connectivity index (χ3v) is 4.36. The molecular weight excluding hydrogens is 314 g/mol. The van der Waals surface area contributed by atoms with Gasteiger partial charge in [-0.05, 0) is 28.7 Å². The van der Waals surface area contributed by atoms with Crippen LogP contribution in [-0.2, 0) is 11.8 Å². The van der Waals surface area contributed by atoms with Crippen LogP contribution in [0.3, 0.4) is 0 Å². The van der Waals surface area contributed by atoms with Crippen LogP contribution < -0.4 is 5.32 Å². The average Bonchev–Trinajstić information content (AvgIpc) is 2.61. The first-order valence-electron chi connectivity index (χ1n) is 8.48. The van der Waals surface area contributed by atoms with Crippen LogP contribution in [0.2, 0.25) is 0 Å². The van der Waals surface area contributed by atoms with E-state index in [1.165, 1.54) is 0 Å². The Morgan fingerprint density at radius 2 is 1.60 bits per heavy atom. The van der Waals surface area contributed by atoms with Gasteiger partial charge in [-0.1, -0.05) is 63.2 Å². The molecule has 0 fully saturated rings. The van der Waals surface area contributed by atoms with Crippen molar-refractivity contribution in [2.45, 2.75) is 38.1 Å². The second kappa shape index (κ2) is 7.81. The van der Waals surface area contributed by atoms with Crippen LogP contribution in [0.5, 0.6) is 0 Å². The molecule has 0 bridgehead atoms. The van der Waals surface area contributed by atoms with Gasteiger partial charge in [0.25, 0.3) is 5.91 Å². The van der Waals surface area contributed by atoms with Crippen molar-refractivity contribution in [1.29, 1.82) is 0 Å². The summed E-state index contributed by atoms with van der Waals surface area (Å²) < 4.78 is 0. The number of carbonyl (C=O) groups is 1. The van der Waals surface area contributed by atoms with Crippen LogP contribution >= 0.6 is 0 Å². The van der Waals surface area contributed by atoms with Crippen LogP contribution in [0.25, 0.3) is 0 Å². The highest BCUT2D eigenvalue weighted by atomic mass is 16.3. The van der Waals surface area contributed by atoms with Gasteiger partial charge in [0, 0.05) is 12.0 Å². The van der Waals surface area contributed by atoms with Gasteiger partial charge in [0.15, 0.2) is 0 Å². The minimum Gasteiger partial charge on any atom is -0.394 e. The van der Waals surface area contributed by atoms with Gasteiger partial charge in [0.2, 0.25) is 0 Å². The number of rotatable bonds is 6. The molecule has 0 saturated heterocycles. The quantitative estimate of drug-likeness (QED) is 0.757. The van der Waals surface area contributed by atoms with Gasteiger partial charge in [-0.3, -0.25) is 4.79 Å². The van der Waals surface area contributed by atoms with Crippen molar-refractivity contribution < 1.29 is 15.0 Å². The Morgan fingerprint density at radius 3 is 2.16 bits per heavy atom. The Morgan fingerprint density at radius 1 is 0.960 bits per heavy atom. The molecule has 0 heterocycles. The Hall–Kier alpha value is -2.17. The minimum atomic E-state index is -1.10. The molecule has 2 aromatic carbocycles. The summed E-state index contributed by atoms with van der Waals surface area (Å²) >= 11 is 0. The number of nitrogens with one attached hydrogen (secondary N) is 1. The monoisotopic (exact) mass is 341 g/mol. The predicted molar refractivity (Wildman–Crippen MR) is 99.7 cm³/mol. The normalized spacial score (nSPS) is 12.0. The third kappa shape index (κ3) is 4.91. The summed E-state index contributed by atoms with van der Waals surface area (Å²) in [4.78, 5) is 12.7. The first-order valence-corrected chi connectivity index (χ1v) is 8.48. The first-order chi connectivity index (χ1) is 11.8. The number of benzene rings is 2. The second-order valence-corrected chi connectivity index (χ2v) is 7.54. The van der Waals surface area contributed by atoms with E-state index in [-0.39, 0.29) is 24.5 Å². The number of hydrogen-bond acceptors (Lipinski definition) is 3. The zero-order valence-electron chi connectivity index (χ0n) is 15.1. The van der Waals surface area contributed by atoms with Crippen LogP contribution in [0.15, 0.2) is 54.6 Å². The van der Waals surface area contributed by atoms with Crippen LogP contribution in [0, 0.1) is 0 Å². The largest absolute Gasteiger partial charge is 0.394 e. The third-order valence-electron chi connectivity index (χ3n) is 4.36. The highest BCUT2D eigenvalue weighted by Crippen LogP contribution is 2.23. The van der Waals surface area contributed by atoms with Crippen molar-refractivity contribution in [3.05, 3.63) is 71.3 Å². The number of aliphatic hydroxyl groups is 2. The van der Waals surface area contributed by atoms with Crippen LogP contribution in [-0.4, -0.2) is 34.9 Å². The minimum absolute atomic E-state index is 0.0641. The SMILES string of the molecule is CC(C)(C)c1cccc(C(=O)NC(CO)(CO)Cc2ccccc2)c1. The molecule has 2 aromatic rings. The van der Waals surface area contributed by atoms with Crippen molar-refractivity contribution in [3.8, 4) is 0 Å². The molecule has 0 atom stereocenters. The molecule has 4 heteroatoms. The van der Waals surface area contributed by atoms with Crippen molar-refractivity contribution in [2.24, 2.45) is 0 Å². The van der Waals surface area contributed by atoms with E-state index in [2.05, 4.69) is 26.1 Å². The van der Waals surface area contributed by atoms with E-state index in [1.807, 2.05) is 48.5 Å². The lowest BCUT2D eigenvalue weighted by molar-refractivity contribution is 0.0667. The van der Waals surface area contributed by atoms with Crippen molar-refractivity contribution >= 4 is 5.91 Å². The number of carbonyl (C=O) groups excluding carboxylic acids is 1. The molecule has 25 heavy (non-hydrogen) atoms. The van der Waals surface area contributed by atoms with E-state index >= 15 is 0 Å². The maximum Gasteiger partial charge on any atom is 0.251 e. The summed E-state index contributed by atoms with van der Waals surface area (Å²) in [6, 6.07) is 17.0. The molecule has 0 spiro atoms. The standard InChI is InChI=1S/C21H27NO3/c1-20(2,3)18-11-7-10-17(12-18)19(25)22-21(14-23,15-24)13-16-8-5-4-6-9-16/h4-12,23-24H,13-15H2,1-3H3,(H,22,25). The zero-order chi connectivity index (χ0) is 18.5. The summed E-state index contributed by atoms with van der Waals surface area (Å²) in [5.41, 5.74) is 1.35. The molecule has 134 valence electrons. The molecule has 1 amide bonds. The maximum absolute atomic E-state index is 12.7. The Labute approximate surface area is 149 Å². The molecule has 0 aromatic heterocycles. The van der Waals surface area contributed by atoms with E-state index in [0.29, 0.717) is 12.0 Å². The summed E-state index contributed by atoms with van der Waals surface area (Å²) in [6.45, 7) is 5.58. The van der Waals surface area contributed by atoms with Gasteiger partial charge >= 0.3 is 0 Å². The average molecular weight is 341 g/mol. The molecule has 3 N–H and O–H groups in total. The van der Waals surface area contributed by atoms with Crippen molar-refractivity contribution in [1.82, 2.24) is 5.32 Å². The lowest BCUT2D eigenvalue weighted by atomic mass is 9.86. The molecule has 4 nitrogen and oxygen atoms in total. The zero-order valence-corrected chi connectivity index (χ0v) is 15.1. The second-order valence-electron chi connectivity index (χ2n) is 7.54. The number of aliphatic hydroxyl groups excluding tert-OH is 2. The Balaban J connectivity index is 2.23. The highest BCUT2D eigenvalue weighted by Gasteiger charge is 2.31. The van der Waals surface area contributed by atoms with Crippen LogP contribution in [0.4, 0.5) is 0 Å². The molecule has 0 aliphatic rings. The fraction of sp³-hybridized carbons (Fsp3) is 0.381. The molecule has 0 aliphatic heterocycles. The van der Waals surface area contributed by atoms with Gasteiger partial charge in [0.1, 0.15) is 0 Å². The van der Waals surface area contributed by atoms with E-state index in [9.17, 15) is 15.0 Å². The predicted octanol–water partition coefficient (Wildman–Crippen LogP) is 2.68. The van der Waals surface area contributed by atoms with E-state index in [1.54, 1.807) is 6.07 Å². The van der Waals surface area contributed by atoms with Crippen LogP contribution in [0.1, 0.15) is 42.3 Å². The summed E-state index contributed by atoms with van der Waals surface area (Å²) in [5.74, 6) is -0.301. The van der Waals surface area contributed by atoms with Gasteiger partial charge in [-0.25, -0.2) is 0 Å². The van der Waals surface area contributed by atoms with Gasteiger partial charge in [-0.15, -0.1) is 0 Å². The lowest BCUT2D eigenvalue weighted by Crippen LogP contribution is -2.55. The Kier molecular flexibility index (Phi) is 5.98. The summed E-state index contributed by atoms with van der Waals surface area (Å²) in [6.07, 6.45) is 0.353. The lowest BCUT2D eigenvalue weighted by Gasteiger charge is -2.31. The number of amides is 1. The van der Waals surface area contributed by atoms with Crippen molar-refractivity contribution in [3.63, 3.8) is 0 Å². The topological polar surface area (TPSA) is 69.6 Å². The summed E-state index contributed by atoms with van der Waals surface area (Å²) in [7, 11) is 0. The highest BCUT2D eigenvalue weighted by molar-refractivity contribution is 5.95. The molecule has 0 unspecified atom stereocenters. The van der Waals surface area contributed by atoms with E-state index in [4.69, 9.17) is 0 Å². The van der Waals surface area contributed by atoms with E-state index < -0.39 is 5.54 Å². The fourth-order valence-corrected chi connectivity index (χ4v) is 2.71. The molecular formula is C21H27NO3. The van der Waals surface area contributed by atoms with Gasteiger partial charge < -0.3 is 15.5 Å². The Bertz CT molecular complexity index is 701. The molecule has 0 saturated carbocycles. The smallest absolute Gasteiger partial charge is 0.251 e. The van der Waals surface area contributed by atoms with Gasteiger partial charge in [0.05, 0.1) is 18.8 Å². The molecule has 0 aliphatic carbocycles. The van der Waals surface area contributed by atoms with Crippen molar-refractivity contribution in [2.75, 3.05) is 13.2 Å². The van der Waals surface area contributed by atoms with Gasteiger partial charge in [-0.2, -0.15) is 0 Å².